The van der Waals surface area contributed by atoms with E-state index in [-0.39, 0.29) is 17.3 Å². The van der Waals surface area contributed by atoms with Crippen molar-refractivity contribution in [1.82, 2.24) is 10.2 Å². The normalized spacial score (nSPS) is 24.5. The molecule has 1 atom stereocenters. The number of benzene rings is 2. The summed E-state index contributed by atoms with van der Waals surface area (Å²) < 4.78 is 13.6. The first-order valence-corrected chi connectivity index (χ1v) is 9.51. The summed E-state index contributed by atoms with van der Waals surface area (Å²) in [5, 5.41) is 3.58. The van der Waals surface area contributed by atoms with Gasteiger partial charge in [0.1, 0.15) is 11.4 Å². The highest BCUT2D eigenvalue weighted by Gasteiger charge is 2.49. The first-order chi connectivity index (χ1) is 12.9. The highest BCUT2D eigenvalue weighted by Crippen LogP contribution is 2.36. The summed E-state index contributed by atoms with van der Waals surface area (Å²) >= 11 is 0. The summed E-state index contributed by atoms with van der Waals surface area (Å²) in [6, 6.07) is 15.0. The molecule has 0 bridgehead atoms. The fourth-order valence-corrected chi connectivity index (χ4v) is 4.78. The Labute approximate surface area is 159 Å². The van der Waals surface area contributed by atoms with Crippen molar-refractivity contribution in [2.24, 2.45) is 5.73 Å². The van der Waals surface area contributed by atoms with E-state index in [1.165, 1.54) is 17.2 Å². The van der Waals surface area contributed by atoms with Gasteiger partial charge in [0.05, 0.1) is 0 Å². The summed E-state index contributed by atoms with van der Waals surface area (Å²) in [5.41, 5.74) is 8.41. The van der Waals surface area contributed by atoms with E-state index in [2.05, 4.69) is 29.3 Å². The van der Waals surface area contributed by atoms with Gasteiger partial charge in [-0.25, -0.2) is 4.39 Å². The minimum absolute atomic E-state index is 0.219. The highest BCUT2D eigenvalue weighted by molar-refractivity contribution is 5.86. The minimum Gasteiger partial charge on any atom is -0.368 e. The average molecular weight is 367 g/mol. The molecule has 0 radical (unpaired) electrons. The van der Waals surface area contributed by atoms with Gasteiger partial charge >= 0.3 is 0 Å². The number of hydrogen-bond donors (Lipinski definition) is 2. The van der Waals surface area contributed by atoms with Crippen molar-refractivity contribution in [3.63, 3.8) is 0 Å². The molecule has 5 heteroatoms. The summed E-state index contributed by atoms with van der Waals surface area (Å²) in [6.07, 6.45) is 2.02. The molecule has 4 rings (SSSR count). The van der Waals surface area contributed by atoms with E-state index < -0.39 is 5.54 Å². The minimum atomic E-state index is -0.672. The van der Waals surface area contributed by atoms with Gasteiger partial charge < -0.3 is 11.1 Å². The van der Waals surface area contributed by atoms with Crippen LogP contribution in [-0.4, -0.2) is 41.5 Å². The van der Waals surface area contributed by atoms with Crippen LogP contribution >= 0.6 is 0 Å². The van der Waals surface area contributed by atoms with Crippen LogP contribution in [0.5, 0.6) is 0 Å². The number of nitrogens with one attached hydrogen (secondary N) is 1. The number of carbonyl (C=O) groups excluding carboxylic acids is 1. The van der Waals surface area contributed by atoms with Crippen molar-refractivity contribution in [1.29, 1.82) is 0 Å². The number of fused-ring (bicyclic) bond motifs is 1. The van der Waals surface area contributed by atoms with Crippen LogP contribution in [0.4, 0.5) is 4.39 Å². The number of nitrogens with zero attached hydrogens (tertiary/aromatic N) is 1. The molecule has 4 nitrogen and oxygen atoms in total. The second-order valence-electron chi connectivity index (χ2n) is 8.23. The molecule has 1 aliphatic heterocycles. The first kappa shape index (κ1) is 18.1. The topological polar surface area (TPSA) is 58.4 Å². The fraction of sp³-hybridized carbons (Fsp3) is 0.409. The molecular weight excluding hydrogens is 341 g/mol. The predicted molar refractivity (Wildman–Crippen MR) is 104 cm³/mol. The summed E-state index contributed by atoms with van der Waals surface area (Å²) in [6.45, 7) is 4.38. The van der Waals surface area contributed by atoms with Crippen molar-refractivity contribution in [3.8, 4) is 0 Å². The molecule has 0 saturated carbocycles. The third-order valence-electron chi connectivity index (χ3n) is 6.10. The molecule has 1 unspecified atom stereocenters. The van der Waals surface area contributed by atoms with Gasteiger partial charge in [-0.2, -0.15) is 0 Å². The van der Waals surface area contributed by atoms with Gasteiger partial charge in [0, 0.05) is 38.0 Å². The second kappa shape index (κ2) is 6.73. The smallest absolute Gasteiger partial charge is 0.238 e. The lowest BCUT2D eigenvalue weighted by atomic mass is 9.85. The maximum absolute atomic E-state index is 13.6. The van der Waals surface area contributed by atoms with Crippen LogP contribution < -0.4 is 11.1 Å². The van der Waals surface area contributed by atoms with Crippen LogP contribution in [0.15, 0.2) is 48.5 Å². The highest BCUT2D eigenvalue weighted by atomic mass is 19.1. The number of amides is 1. The molecule has 1 saturated heterocycles. The maximum atomic E-state index is 13.6. The van der Waals surface area contributed by atoms with Gasteiger partial charge in [0.15, 0.2) is 0 Å². The molecule has 2 aliphatic rings. The molecule has 3 N–H and O–H groups in total. The standard InChI is InChI=1S/C22H26FN3O/c1-21(12-16-5-4-8-19(23)11-16)15-26(10-9-25-21)22(20(24)27)13-17-6-2-3-7-18(17)14-22/h2-8,11,25H,9-10,12-15H2,1H3,(H2,24,27). The van der Waals surface area contributed by atoms with Crippen LogP contribution in [0.25, 0.3) is 0 Å². The van der Waals surface area contributed by atoms with Crippen molar-refractivity contribution >= 4 is 5.91 Å². The molecule has 27 heavy (non-hydrogen) atoms. The number of halogens is 1. The molecular formula is C22H26FN3O. The van der Waals surface area contributed by atoms with Gasteiger partial charge in [0.25, 0.3) is 0 Å². The molecule has 2 aromatic rings. The van der Waals surface area contributed by atoms with Crippen LogP contribution in [0, 0.1) is 5.82 Å². The Morgan fingerprint density at radius 3 is 2.52 bits per heavy atom. The van der Waals surface area contributed by atoms with E-state index in [0.717, 1.165) is 18.7 Å². The zero-order chi connectivity index (χ0) is 19.1. The Balaban J connectivity index is 1.59. The lowest BCUT2D eigenvalue weighted by Gasteiger charge is -2.48. The van der Waals surface area contributed by atoms with Crippen molar-refractivity contribution in [3.05, 3.63) is 71.0 Å². The molecule has 2 aromatic carbocycles. The third-order valence-corrected chi connectivity index (χ3v) is 6.10. The third kappa shape index (κ3) is 3.37. The Bertz CT molecular complexity index is 843. The number of hydrogen-bond acceptors (Lipinski definition) is 3. The van der Waals surface area contributed by atoms with Gasteiger partial charge in [0.2, 0.25) is 5.91 Å². The average Bonchev–Trinajstić information content (AvgIpc) is 3.02. The van der Waals surface area contributed by atoms with Gasteiger partial charge in [-0.1, -0.05) is 36.4 Å². The maximum Gasteiger partial charge on any atom is 0.238 e. The van der Waals surface area contributed by atoms with Gasteiger partial charge in [-0.05, 0) is 42.2 Å². The van der Waals surface area contributed by atoms with Crippen molar-refractivity contribution in [2.45, 2.75) is 37.3 Å². The number of piperazine rings is 1. The SMILES string of the molecule is CC1(Cc2cccc(F)c2)CN(C2(C(N)=O)Cc3ccccc3C2)CCN1. The molecule has 142 valence electrons. The molecule has 0 aromatic heterocycles. The van der Waals surface area contributed by atoms with Crippen LogP contribution in [-0.2, 0) is 24.1 Å². The van der Waals surface area contributed by atoms with E-state index >= 15 is 0 Å². The van der Waals surface area contributed by atoms with Gasteiger partial charge in [-0.15, -0.1) is 0 Å². The van der Waals surface area contributed by atoms with E-state index in [1.54, 1.807) is 12.1 Å². The Hall–Kier alpha value is -2.24. The number of rotatable bonds is 4. The zero-order valence-electron chi connectivity index (χ0n) is 15.7. The van der Waals surface area contributed by atoms with E-state index in [9.17, 15) is 9.18 Å². The number of nitrogens with two attached hydrogens (primary N) is 1. The molecule has 1 fully saturated rings. The summed E-state index contributed by atoms with van der Waals surface area (Å²) in [5.74, 6) is -0.475. The van der Waals surface area contributed by atoms with Crippen LogP contribution in [0.3, 0.4) is 0 Å². The van der Waals surface area contributed by atoms with Crippen molar-refractivity contribution < 1.29 is 9.18 Å². The van der Waals surface area contributed by atoms with E-state index in [4.69, 9.17) is 5.73 Å². The molecule has 1 heterocycles. The Morgan fingerprint density at radius 2 is 1.89 bits per heavy atom. The number of primary amides is 1. The summed E-state index contributed by atoms with van der Waals surface area (Å²) in [4.78, 5) is 14.9. The van der Waals surface area contributed by atoms with Crippen molar-refractivity contribution in [2.75, 3.05) is 19.6 Å². The molecule has 1 amide bonds. The zero-order valence-corrected chi connectivity index (χ0v) is 15.7. The number of carbonyl (C=O) groups is 1. The van der Waals surface area contributed by atoms with Crippen LogP contribution in [0.2, 0.25) is 0 Å². The predicted octanol–water partition coefficient (Wildman–Crippen LogP) is 2.06. The van der Waals surface area contributed by atoms with E-state index in [0.29, 0.717) is 25.8 Å². The Kier molecular flexibility index (Phi) is 4.52. The quantitative estimate of drug-likeness (QED) is 0.870. The molecule has 0 spiro atoms. The fourth-order valence-electron chi connectivity index (χ4n) is 4.78. The largest absolute Gasteiger partial charge is 0.368 e. The summed E-state index contributed by atoms with van der Waals surface area (Å²) in [7, 11) is 0. The first-order valence-electron chi connectivity index (χ1n) is 9.51. The van der Waals surface area contributed by atoms with E-state index in [1.807, 2.05) is 18.2 Å². The Morgan fingerprint density at radius 1 is 1.19 bits per heavy atom. The lowest BCUT2D eigenvalue weighted by molar-refractivity contribution is -0.131. The monoisotopic (exact) mass is 367 g/mol. The lowest BCUT2D eigenvalue weighted by Crippen LogP contribution is -2.69. The molecule has 1 aliphatic carbocycles. The second-order valence-corrected chi connectivity index (χ2v) is 8.23. The van der Waals surface area contributed by atoms with Gasteiger partial charge in [-0.3, -0.25) is 9.69 Å². The van der Waals surface area contributed by atoms with Crippen LogP contribution in [0.1, 0.15) is 23.6 Å².